The molecule has 1 saturated heterocycles. The number of hydrogen-bond donors (Lipinski definition) is 0. The van der Waals surface area contributed by atoms with E-state index in [0.29, 0.717) is 17.4 Å². The second kappa shape index (κ2) is 6.75. The monoisotopic (exact) mass is 450 g/mol. The van der Waals surface area contributed by atoms with E-state index >= 15 is 0 Å². The minimum atomic E-state index is -0.290. The molecule has 6 nitrogen and oxygen atoms in total. The standard InChI is InChI=1S/C24H24ClFN6/c25-17-1-5-20-15(7-17)11-30(19-3-4-19)12-22-28-29-23(32(20)22)16-8-24(9-16)13-31(14-24)21-6-2-18(26)10-27-21/h1-2,5-7,10,16,19H,3-4,8-9,11-14H2. The van der Waals surface area contributed by atoms with Crippen LogP contribution in [-0.4, -0.2) is 43.8 Å². The predicted octanol–water partition coefficient (Wildman–Crippen LogP) is 4.32. The zero-order valence-electron chi connectivity index (χ0n) is 17.7. The van der Waals surface area contributed by atoms with Crippen LogP contribution in [0.1, 0.15) is 48.8 Å². The number of anilines is 1. The summed E-state index contributed by atoms with van der Waals surface area (Å²) in [6.45, 7) is 3.71. The molecule has 32 heavy (non-hydrogen) atoms. The Labute approximate surface area is 191 Å². The lowest BCUT2D eigenvalue weighted by molar-refractivity contribution is 0.0581. The highest BCUT2D eigenvalue weighted by Crippen LogP contribution is 2.56. The molecule has 2 aliphatic carbocycles. The lowest BCUT2D eigenvalue weighted by Crippen LogP contribution is -2.62. The molecule has 2 saturated carbocycles. The van der Waals surface area contributed by atoms with E-state index in [1.807, 2.05) is 6.07 Å². The molecule has 164 valence electrons. The van der Waals surface area contributed by atoms with E-state index in [0.717, 1.165) is 61.5 Å². The summed E-state index contributed by atoms with van der Waals surface area (Å²) in [4.78, 5) is 8.99. The Bertz CT molecular complexity index is 1190. The molecule has 2 aromatic heterocycles. The lowest BCUT2D eigenvalue weighted by atomic mass is 9.57. The molecule has 4 heterocycles. The van der Waals surface area contributed by atoms with Crippen LogP contribution in [-0.2, 0) is 13.1 Å². The second-order valence-corrected chi connectivity index (χ2v) is 10.5. The highest BCUT2D eigenvalue weighted by Gasteiger charge is 2.54. The van der Waals surface area contributed by atoms with Gasteiger partial charge in [0.15, 0.2) is 5.82 Å². The predicted molar refractivity (Wildman–Crippen MR) is 119 cm³/mol. The largest absolute Gasteiger partial charge is 0.355 e. The zero-order chi connectivity index (χ0) is 21.4. The molecule has 3 aromatic rings. The fraction of sp³-hybridized carbons (Fsp3) is 0.458. The third kappa shape index (κ3) is 2.98. The average Bonchev–Trinajstić information content (AvgIpc) is 3.51. The van der Waals surface area contributed by atoms with Crippen LogP contribution in [0.4, 0.5) is 10.2 Å². The van der Waals surface area contributed by atoms with E-state index in [1.54, 1.807) is 6.07 Å². The quantitative estimate of drug-likeness (QED) is 0.595. The molecule has 4 aliphatic rings. The molecule has 0 unspecified atom stereocenters. The van der Waals surface area contributed by atoms with Crippen molar-refractivity contribution in [2.75, 3.05) is 18.0 Å². The van der Waals surface area contributed by atoms with Crippen LogP contribution in [0.2, 0.25) is 5.02 Å². The van der Waals surface area contributed by atoms with Gasteiger partial charge in [-0.1, -0.05) is 11.6 Å². The first-order chi connectivity index (χ1) is 15.6. The minimum Gasteiger partial charge on any atom is -0.355 e. The van der Waals surface area contributed by atoms with Crippen molar-refractivity contribution in [1.82, 2.24) is 24.6 Å². The van der Waals surface area contributed by atoms with E-state index in [2.05, 4.69) is 36.6 Å². The summed E-state index contributed by atoms with van der Waals surface area (Å²) in [5.41, 5.74) is 2.76. The van der Waals surface area contributed by atoms with Gasteiger partial charge in [-0.3, -0.25) is 9.47 Å². The molecule has 0 amide bonds. The summed E-state index contributed by atoms with van der Waals surface area (Å²) in [5, 5.41) is 10.1. The second-order valence-electron chi connectivity index (χ2n) is 10.0. The van der Waals surface area contributed by atoms with Crippen molar-refractivity contribution in [2.24, 2.45) is 5.41 Å². The van der Waals surface area contributed by atoms with Gasteiger partial charge in [-0.05, 0) is 61.6 Å². The van der Waals surface area contributed by atoms with Crippen LogP contribution >= 0.6 is 11.6 Å². The van der Waals surface area contributed by atoms with Gasteiger partial charge in [-0.15, -0.1) is 10.2 Å². The van der Waals surface area contributed by atoms with Gasteiger partial charge in [-0.25, -0.2) is 9.37 Å². The van der Waals surface area contributed by atoms with Crippen molar-refractivity contribution in [3.05, 3.63) is 64.6 Å². The first kappa shape index (κ1) is 19.0. The molecule has 0 bridgehead atoms. The molecule has 0 N–H and O–H groups in total. The van der Waals surface area contributed by atoms with Crippen molar-refractivity contribution < 1.29 is 4.39 Å². The molecule has 2 aliphatic heterocycles. The normalized spacial score (nSPS) is 22.1. The maximum absolute atomic E-state index is 13.2. The van der Waals surface area contributed by atoms with Crippen LogP contribution in [0.5, 0.6) is 0 Å². The fourth-order valence-corrected chi connectivity index (χ4v) is 6.11. The Balaban J connectivity index is 1.14. The Morgan fingerprint density at radius 3 is 2.62 bits per heavy atom. The van der Waals surface area contributed by atoms with E-state index in [-0.39, 0.29) is 5.82 Å². The number of aromatic nitrogens is 4. The van der Waals surface area contributed by atoms with Gasteiger partial charge in [0, 0.05) is 42.0 Å². The Kier molecular flexibility index (Phi) is 4.01. The highest BCUT2D eigenvalue weighted by molar-refractivity contribution is 6.30. The molecular formula is C24H24ClFN6. The Morgan fingerprint density at radius 2 is 1.88 bits per heavy atom. The van der Waals surface area contributed by atoms with Crippen LogP contribution in [0.15, 0.2) is 36.5 Å². The maximum Gasteiger partial charge on any atom is 0.151 e. The fourth-order valence-electron chi connectivity index (χ4n) is 5.92. The van der Waals surface area contributed by atoms with Crippen LogP contribution in [0.25, 0.3) is 5.69 Å². The van der Waals surface area contributed by atoms with Crippen molar-refractivity contribution in [3.8, 4) is 5.69 Å². The molecule has 0 atom stereocenters. The number of halogens is 2. The summed E-state index contributed by atoms with van der Waals surface area (Å²) in [7, 11) is 0. The molecule has 7 rings (SSSR count). The number of fused-ring (bicyclic) bond motifs is 3. The number of rotatable bonds is 3. The molecule has 1 aromatic carbocycles. The molecular weight excluding hydrogens is 427 g/mol. The summed E-state index contributed by atoms with van der Waals surface area (Å²) < 4.78 is 15.5. The van der Waals surface area contributed by atoms with Crippen molar-refractivity contribution >= 4 is 17.4 Å². The number of nitrogens with zero attached hydrogens (tertiary/aromatic N) is 6. The molecule has 3 fully saturated rings. The van der Waals surface area contributed by atoms with Gasteiger partial charge >= 0.3 is 0 Å². The lowest BCUT2D eigenvalue weighted by Gasteiger charge is -2.59. The van der Waals surface area contributed by atoms with Gasteiger partial charge in [0.1, 0.15) is 17.5 Å². The SMILES string of the molecule is Fc1ccc(N2CC3(CC(c4nnc5n4-c4ccc(Cl)cc4CN(C4CC4)C5)C3)C2)nc1. The summed E-state index contributed by atoms with van der Waals surface area (Å²) in [6.07, 6.45) is 6.04. The summed E-state index contributed by atoms with van der Waals surface area (Å²) >= 11 is 6.36. The Morgan fingerprint density at radius 1 is 1.03 bits per heavy atom. The van der Waals surface area contributed by atoms with Gasteiger partial charge in [-0.2, -0.15) is 0 Å². The number of hydrogen-bond acceptors (Lipinski definition) is 5. The zero-order valence-corrected chi connectivity index (χ0v) is 18.5. The average molecular weight is 451 g/mol. The van der Waals surface area contributed by atoms with E-state index in [4.69, 9.17) is 16.7 Å². The maximum atomic E-state index is 13.2. The van der Waals surface area contributed by atoms with Gasteiger partial charge in [0.2, 0.25) is 0 Å². The van der Waals surface area contributed by atoms with Crippen molar-refractivity contribution in [2.45, 2.75) is 50.7 Å². The molecule has 0 radical (unpaired) electrons. The van der Waals surface area contributed by atoms with Crippen LogP contribution < -0.4 is 4.90 Å². The van der Waals surface area contributed by atoms with E-state index in [9.17, 15) is 4.39 Å². The first-order valence-electron chi connectivity index (χ1n) is 11.4. The van der Waals surface area contributed by atoms with E-state index in [1.165, 1.54) is 36.4 Å². The van der Waals surface area contributed by atoms with E-state index < -0.39 is 0 Å². The van der Waals surface area contributed by atoms with Gasteiger partial charge in [0.05, 0.1) is 18.4 Å². The van der Waals surface area contributed by atoms with Crippen LogP contribution in [0, 0.1) is 11.2 Å². The third-order valence-corrected chi connectivity index (χ3v) is 7.87. The van der Waals surface area contributed by atoms with Crippen molar-refractivity contribution in [3.63, 3.8) is 0 Å². The first-order valence-corrected chi connectivity index (χ1v) is 11.8. The van der Waals surface area contributed by atoms with Crippen molar-refractivity contribution in [1.29, 1.82) is 0 Å². The summed E-state index contributed by atoms with van der Waals surface area (Å²) in [5.74, 6) is 3.12. The number of pyridine rings is 1. The highest BCUT2D eigenvalue weighted by atomic mass is 35.5. The third-order valence-electron chi connectivity index (χ3n) is 7.63. The van der Waals surface area contributed by atoms with Gasteiger partial charge in [0.25, 0.3) is 0 Å². The minimum absolute atomic E-state index is 0.290. The van der Waals surface area contributed by atoms with Crippen LogP contribution in [0.3, 0.4) is 0 Å². The smallest absolute Gasteiger partial charge is 0.151 e. The summed E-state index contributed by atoms with van der Waals surface area (Å²) in [6, 6.07) is 10.1. The topological polar surface area (TPSA) is 50.1 Å². The van der Waals surface area contributed by atoms with Gasteiger partial charge < -0.3 is 4.90 Å². The number of benzene rings is 1. The molecule has 1 spiro atoms. The Hall–Kier alpha value is -2.51. The molecule has 8 heteroatoms.